The Morgan fingerprint density at radius 2 is 1.92 bits per heavy atom. The van der Waals surface area contributed by atoms with E-state index >= 15 is 0 Å². The van der Waals surface area contributed by atoms with Gasteiger partial charge in [-0.05, 0) is 25.5 Å². The van der Waals surface area contributed by atoms with Crippen molar-refractivity contribution in [2.45, 2.75) is 25.9 Å². The summed E-state index contributed by atoms with van der Waals surface area (Å²) in [7, 11) is 0. The Morgan fingerprint density at radius 3 is 2.62 bits per heavy atom. The second kappa shape index (κ2) is 9.34. The fraction of sp³-hybridized carbons (Fsp3) is 0.353. The van der Waals surface area contributed by atoms with Gasteiger partial charge in [0.1, 0.15) is 0 Å². The van der Waals surface area contributed by atoms with Crippen LogP contribution in [0.4, 0.5) is 4.79 Å². The summed E-state index contributed by atoms with van der Waals surface area (Å²) in [4.78, 5) is 27.5. The van der Waals surface area contributed by atoms with E-state index in [9.17, 15) is 9.59 Å². The van der Waals surface area contributed by atoms with Gasteiger partial charge in [-0.25, -0.2) is 9.78 Å². The lowest BCUT2D eigenvalue weighted by molar-refractivity contribution is 0.0953. The normalized spacial score (nSPS) is 11.5. The third-order valence-corrected chi connectivity index (χ3v) is 3.38. The minimum atomic E-state index is -0.211. The number of urea groups is 1. The van der Waals surface area contributed by atoms with Crippen molar-refractivity contribution in [3.05, 3.63) is 54.6 Å². The third-order valence-electron chi connectivity index (χ3n) is 3.38. The number of hydrogen-bond acceptors (Lipinski definition) is 3. The number of amides is 3. The Balaban J connectivity index is 1.55. The molecule has 128 valence electrons. The summed E-state index contributed by atoms with van der Waals surface area (Å²) in [6.07, 6.45) is 5.94. The van der Waals surface area contributed by atoms with Crippen molar-refractivity contribution in [1.29, 1.82) is 0 Å². The van der Waals surface area contributed by atoms with Gasteiger partial charge in [0.05, 0.1) is 6.33 Å². The molecule has 24 heavy (non-hydrogen) atoms. The SMILES string of the molecule is C[C@H](Cn1ccnc1)NC(=O)NCCCNC(=O)c1ccccc1. The minimum Gasteiger partial charge on any atom is -0.352 e. The second-order valence-corrected chi connectivity index (χ2v) is 5.54. The lowest BCUT2D eigenvalue weighted by Gasteiger charge is -2.15. The molecule has 3 amide bonds. The van der Waals surface area contributed by atoms with Gasteiger partial charge < -0.3 is 20.5 Å². The molecular weight excluding hydrogens is 306 g/mol. The van der Waals surface area contributed by atoms with Crippen LogP contribution in [0.5, 0.6) is 0 Å². The first-order chi connectivity index (χ1) is 11.6. The number of carbonyl (C=O) groups is 2. The van der Waals surface area contributed by atoms with Crippen LogP contribution in [-0.4, -0.2) is 40.6 Å². The fourth-order valence-corrected chi connectivity index (χ4v) is 2.22. The first kappa shape index (κ1) is 17.5. The average molecular weight is 329 g/mol. The maximum absolute atomic E-state index is 11.8. The van der Waals surface area contributed by atoms with Crippen LogP contribution in [0.15, 0.2) is 49.1 Å². The van der Waals surface area contributed by atoms with Crippen LogP contribution in [0, 0.1) is 0 Å². The zero-order chi connectivity index (χ0) is 17.2. The first-order valence-electron chi connectivity index (χ1n) is 7.98. The smallest absolute Gasteiger partial charge is 0.315 e. The highest BCUT2D eigenvalue weighted by Crippen LogP contribution is 1.97. The molecule has 7 heteroatoms. The van der Waals surface area contributed by atoms with Gasteiger partial charge in [0.25, 0.3) is 5.91 Å². The first-order valence-corrected chi connectivity index (χ1v) is 7.98. The number of imidazole rings is 1. The van der Waals surface area contributed by atoms with Gasteiger partial charge in [0.2, 0.25) is 0 Å². The van der Waals surface area contributed by atoms with Crippen LogP contribution in [0.3, 0.4) is 0 Å². The van der Waals surface area contributed by atoms with E-state index in [0.29, 0.717) is 31.6 Å². The molecular formula is C17H23N5O2. The molecule has 1 atom stereocenters. The predicted molar refractivity (Wildman–Crippen MR) is 91.6 cm³/mol. The Hall–Kier alpha value is -2.83. The molecule has 7 nitrogen and oxygen atoms in total. The highest BCUT2D eigenvalue weighted by molar-refractivity contribution is 5.94. The average Bonchev–Trinajstić information content (AvgIpc) is 3.07. The van der Waals surface area contributed by atoms with Crippen molar-refractivity contribution in [2.24, 2.45) is 0 Å². The summed E-state index contributed by atoms with van der Waals surface area (Å²) in [5, 5.41) is 8.46. The molecule has 0 saturated carbocycles. The monoisotopic (exact) mass is 329 g/mol. The predicted octanol–water partition coefficient (Wildman–Crippen LogP) is 1.39. The number of nitrogens with one attached hydrogen (secondary N) is 3. The third kappa shape index (κ3) is 6.12. The molecule has 0 bridgehead atoms. The summed E-state index contributed by atoms with van der Waals surface area (Å²) in [6.45, 7) is 3.61. The molecule has 1 heterocycles. The van der Waals surface area contributed by atoms with Crippen LogP contribution >= 0.6 is 0 Å². The summed E-state index contributed by atoms with van der Waals surface area (Å²) < 4.78 is 1.91. The molecule has 2 aromatic rings. The van der Waals surface area contributed by atoms with E-state index in [1.807, 2.05) is 35.9 Å². The zero-order valence-electron chi connectivity index (χ0n) is 13.7. The van der Waals surface area contributed by atoms with E-state index in [1.165, 1.54) is 0 Å². The molecule has 3 N–H and O–H groups in total. The van der Waals surface area contributed by atoms with Crippen LogP contribution < -0.4 is 16.0 Å². The lowest BCUT2D eigenvalue weighted by atomic mass is 10.2. The van der Waals surface area contributed by atoms with Crippen molar-refractivity contribution in [3.63, 3.8) is 0 Å². The summed E-state index contributed by atoms with van der Waals surface area (Å²) in [6, 6.07) is 8.84. The number of nitrogens with zero attached hydrogens (tertiary/aromatic N) is 2. The topological polar surface area (TPSA) is 88.1 Å². The Bertz CT molecular complexity index is 628. The molecule has 0 aliphatic heterocycles. The summed E-state index contributed by atoms with van der Waals surface area (Å²) in [5.41, 5.74) is 0.636. The minimum absolute atomic E-state index is 0.00279. The van der Waals surface area contributed by atoms with Gasteiger partial charge in [-0.3, -0.25) is 4.79 Å². The molecule has 0 aliphatic rings. The lowest BCUT2D eigenvalue weighted by Crippen LogP contribution is -2.43. The van der Waals surface area contributed by atoms with Gasteiger partial charge in [0.15, 0.2) is 0 Å². The number of carbonyl (C=O) groups excluding carboxylic acids is 2. The summed E-state index contributed by atoms with van der Waals surface area (Å²) >= 11 is 0. The molecule has 0 radical (unpaired) electrons. The molecule has 1 aromatic heterocycles. The molecule has 0 fully saturated rings. The van der Waals surface area contributed by atoms with Gasteiger partial charge in [0, 0.05) is 43.6 Å². The molecule has 0 aliphatic carbocycles. The maximum atomic E-state index is 11.8. The number of benzene rings is 1. The largest absolute Gasteiger partial charge is 0.352 e. The van der Waals surface area contributed by atoms with Crippen molar-refractivity contribution >= 4 is 11.9 Å². The maximum Gasteiger partial charge on any atom is 0.315 e. The van der Waals surface area contributed by atoms with E-state index in [0.717, 1.165) is 0 Å². The number of aromatic nitrogens is 2. The molecule has 0 unspecified atom stereocenters. The number of hydrogen-bond donors (Lipinski definition) is 3. The Labute approximate surface area is 141 Å². The molecule has 2 rings (SSSR count). The van der Waals surface area contributed by atoms with Crippen LogP contribution in [0.25, 0.3) is 0 Å². The van der Waals surface area contributed by atoms with Gasteiger partial charge in [-0.15, -0.1) is 0 Å². The van der Waals surface area contributed by atoms with Crippen molar-refractivity contribution in [1.82, 2.24) is 25.5 Å². The van der Waals surface area contributed by atoms with E-state index in [2.05, 4.69) is 20.9 Å². The van der Waals surface area contributed by atoms with Gasteiger partial charge in [-0.2, -0.15) is 0 Å². The second-order valence-electron chi connectivity index (χ2n) is 5.54. The van der Waals surface area contributed by atoms with Crippen molar-refractivity contribution in [3.8, 4) is 0 Å². The zero-order valence-corrected chi connectivity index (χ0v) is 13.7. The van der Waals surface area contributed by atoms with Crippen LogP contribution in [-0.2, 0) is 6.54 Å². The summed E-state index contributed by atoms with van der Waals surface area (Å²) in [5.74, 6) is -0.103. The van der Waals surface area contributed by atoms with Crippen LogP contribution in [0.1, 0.15) is 23.7 Å². The van der Waals surface area contributed by atoms with E-state index in [1.54, 1.807) is 24.7 Å². The standard InChI is InChI=1S/C17H23N5O2/c1-14(12-22-11-10-18-13-22)21-17(24)20-9-5-8-19-16(23)15-6-3-2-4-7-15/h2-4,6-7,10-11,13-14H,5,8-9,12H2,1H3,(H,19,23)(H2,20,21,24)/t14-/m1/s1. The molecule has 1 aromatic carbocycles. The number of rotatable bonds is 8. The van der Waals surface area contributed by atoms with Gasteiger partial charge in [-0.1, -0.05) is 18.2 Å². The fourth-order valence-electron chi connectivity index (χ4n) is 2.22. The van der Waals surface area contributed by atoms with E-state index in [4.69, 9.17) is 0 Å². The van der Waals surface area contributed by atoms with Gasteiger partial charge >= 0.3 is 6.03 Å². The van der Waals surface area contributed by atoms with Crippen LogP contribution in [0.2, 0.25) is 0 Å². The Morgan fingerprint density at radius 1 is 1.17 bits per heavy atom. The van der Waals surface area contributed by atoms with E-state index < -0.39 is 0 Å². The van der Waals surface area contributed by atoms with E-state index in [-0.39, 0.29) is 18.0 Å². The highest BCUT2D eigenvalue weighted by atomic mass is 16.2. The molecule has 0 saturated heterocycles. The molecule has 0 spiro atoms. The quantitative estimate of drug-likeness (QED) is 0.640. The highest BCUT2D eigenvalue weighted by Gasteiger charge is 2.07. The van der Waals surface area contributed by atoms with Crippen molar-refractivity contribution < 1.29 is 9.59 Å². The van der Waals surface area contributed by atoms with Crippen molar-refractivity contribution in [2.75, 3.05) is 13.1 Å². The Kier molecular flexibility index (Phi) is 6.82.